The van der Waals surface area contributed by atoms with E-state index in [-0.39, 0.29) is 6.10 Å². The van der Waals surface area contributed by atoms with E-state index >= 15 is 0 Å². The molecule has 2 rings (SSSR count). The van der Waals surface area contributed by atoms with Gasteiger partial charge in [-0.05, 0) is 65.1 Å². The van der Waals surface area contributed by atoms with Gasteiger partial charge in [-0.2, -0.15) is 0 Å². The van der Waals surface area contributed by atoms with Gasteiger partial charge in [-0.3, -0.25) is 0 Å². The Morgan fingerprint density at radius 3 is 2.71 bits per heavy atom. The first-order chi connectivity index (χ1) is 6.68. The summed E-state index contributed by atoms with van der Waals surface area (Å²) < 4.78 is 2.21. The minimum absolute atomic E-state index is 0.270. The molecule has 1 N–H and O–H groups in total. The second kappa shape index (κ2) is 4.49. The summed E-state index contributed by atoms with van der Waals surface area (Å²) in [4.78, 5) is 0. The number of hydrogen-bond acceptors (Lipinski definition) is 1. The minimum Gasteiger partial charge on any atom is -0.388 e. The van der Waals surface area contributed by atoms with Crippen LogP contribution in [0.25, 0.3) is 0 Å². The highest BCUT2D eigenvalue weighted by atomic mass is 127. The van der Waals surface area contributed by atoms with E-state index in [1.165, 1.54) is 19.3 Å². The molecule has 1 fully saturated rings. The molecule has 1 aliphatic rings. The number of rotatable bonds is 2. The molecule has 1 aromatic rings. The van der Waals surface area contributed by atoms with Crippen LogP contribution in [0.1, 0.15) is 30.9 Å². The van der Waals surface area contributed by atoms with E-state index in [4.69, 9.17) is 0 Å². The summed E-state index contributed by atoms with van der Waals surface area (Å²) in [6, 6.07) is 6.09. The normalized spacial score (nSPS) is 19.1. The van der Waals surface area contributed by atoms with Crippen LogP contribution in [0.3, 0.4) is 0 Å². The molecule has 14 heavy (non-hydrogen) atoms. The molecule has 1 unspecified atom stereocenters. The third kappa shape index (κ3) is 2.14. The number of aliphatic hydroxyl groups excluding tert-OH is 1. The lowest BCUT2D eigenvalue weighted by Gasteiger charge is -2.31. The van der Waals surface area contributed by atoms with Gasteiger partial charge in [-0.1, -0.05) is 22.4 Å². The highest BCUT2D eigenvalue weighted by molar-refractivity contribution is 14.1. The zero-order valence-electron chi connectivity index (χ0n) is 7.71. The molecule has 0 saturated heterocycles. The van der Waals surface area contributed by atoms with Crippen molar-refractivity contribution in [1.82, 2.24) is 0 Å². The zero-order chi connectivity index (χ0) is 10.1. The molecule has 1 aliphatic carbocycles. The maximum Gasteiger partial charge on any atom is 0.0828 e. The monoisotopic (exact) mass is 366 g/mol. The fourth-order valence-electron chi connectivity index (χ4n) is 1.75. The van der Waals surface area contributed by atoms with E-state index in [1.54, 1.807) is 0 Å². The van der Waals surface area contributed by atoms with Crippen LogP contribution >= 0.6 is 38.5 Å². The first-order valence-electron chi connectivity index (χ1n) is 4.81. The van der Waals surface area contributed by atoms with E-state index in [9.17, 15) is 5.11 Å². The van der Waals surface area contributed by atoms with Crippen LogP contribution in [0.15, 0.2) is 22.7 Å². The fraction of sp³-hybridized carbons (Fsp3) is 0.455. The molecule has 0 aromatic heterocycles. The topological polar surface area (TPSA) is 20.2 Å². The maximum absolute atomic E-state index is 10.1. The van der Waals surface area contributed by atoms with Gasteiger partial charge in [-0.25, -0.2) is 0 Å². The van der Waals surface area contributed by atoms with Crippen molar-refractivity contribution < 1.29 is 5.11 Å². The summed E-state index contributed by atoms with van der Waals surface area (Å²) in [7, 11) is 0. The second-order valence-corrected chi connectivity index (χ2v) is 5.88. The molecular weight excluding hydrogens is 355 g/mol. The van der Waals surface area contributed by atoms with Gasteiger partial charge in [0.15, 0.2) is 0 Å². The smallest absolute Gasteiger partial charge is 0.0828 e. The SMILES string of the molecule is OC(c1cc(Br)ccc1I)C1CCC1. The third-order valence-corrected chi connectivity index (χ3v) is 4.35. The Balaban J connectivity index is 2.24. The van der Waals surface area contributed by atoms with Crippen molar-refractivity contribution in [3.8, 4) is 0 Å². The molecule has 0 radical (unpaired) electrons. The molecule has 1 nitrogen and oxygen atoms in total. The zero-order valence-corrected chi connectivity index (χ0v) is 11.5. The van der Waals surface area contributed by atoms with Gasteiger partial charge in [0.25, 0.3) is 0 Å². The minimum atomic E-state index is -0.270. The van der Waals surface area contributed by atoms with Crippen LogP contribution in [-0.2, 0) is 0 Å². The van der Waals surface area contributed by atoms with Gasteiger partial charge in [-0.15, -0.1) is 0 Å². The Morgan fingerprint density at radius 2 is 2.14 bits per heavy atom. The molecule has 1 saturated carbocycles. The highest BCUT2D eigenvalue weighted by Gasteiger charge is 2.27. The predicted octanol–water partition coefficient (Wildman–Crippen LogP) is 3.89. The molecule has 0 bridgehead atoms. The lowest BCUT2D eigenvalue weighted by Crippen LogP contribution is -2.20. The fourth-order valence-corrected chi connectivity index (χ4v) is 2.78. The van der Waals surface area contributed by atoms with Crippen LogP contribution < -0.4 is 0 Å². The first-order valence-corrected chi connectivity index (χ1v) is 6.68. The largest absolute Gasteiger partial charge is 0.388 e. The van der Waals surface area contributed by atoms with Crippen molar-refractivity contribution in [3.05, 3.63) is 31.8 Å². The Morgan fingerprint density at radius 1 is 1.43 bits per heavy atom. The third-order valence-electron chi connectivity index (χ3n) is 2.87. The quantitative estimate of drug-likeness (QED) is 0.787. The molecule has 0 amide bonds. The summed E-state index contributed by atoms with van der Waals surface area (Å²) >= 11 is 5.72. The van der Waals surface area contributed by atoms with E-state index in [2.05, 4.69) is 38.5 Å². The summed E-state index contributed by atoms with van der Waals surface area (Å²) in [5.74, 6) is 0.484. The second-order valence-electron chi connectivity index (χ2n) is 3.80. The number of aliphatic hydroxyl groups is 1. The van der Waals surface area contributed by atoms with Crippen molar-refractivity contribution in [1.29, 1.82) is 0 Å². The van der Waals surface area contributed by atoms with Gasteiger partial charge in [0, 0.05) is 8.04 Å². The molecule has 0 spiro atoms. The van der Waals surface area contributed by atoms with Crippen molar-refractivity contribution in [3.63, 3.8) is 0 Å². The van der Waals surface area contributed by atoms with Crippen LogP contribution in [0.2, 0.25) is 0 Å². The van der Waals surface area contributed by atoms with Crippen molar-refractivity contribution in [2.24, 2.45) is 5.92 Å². The average Bonchev–Trinajstić information content (AvgIpc) is 2.06. The van der Waals surface area contributed by atoms with Gasteiger partial charge < -0.3 is 5.11 Å². The van der Waals surface area contributed by atoms with E-state index < -0.39 is 0 Å². The van der Waals surface area contributed by atoms with Crippen LogP contribution in [0.5, 0.6) is 0 Å². The number of halogens is 2. The van der Waals surface area contributed by atoms with Gasteiger partial charge in [0.2, 0.25) is 0 Å². The summed E-state index contributed by atoms with van der Waals surface area (Å²) in [6.45, 7) is 0. The maximum atomic E-state index is 10.1. The average molecular weight is 367 g/mol. The van der Waals surface area contributed by atoms with Crippen LogP contribution in [0.4, 0.5) is 0 Å². The van der Waals surface area contributed by atoms with Crippen LogP contribution in [0, 0.1) is 9.49 Å². The highest BCUT2D eigenvalue weighted by Crippen LogP contribution is 2.39. The van der Waals surface area contributed by atoms with Gasteiger partial charge >= 0.3 is 0 Å². The summed E-state index contributed by atoms with van der Waals surface area (Å²) in [5.41, 5.74) is 1.07. The lowest BCUT2D eigenvalue weighted by atomic mass is 9.79. The summed E-state index contributed by atoms with van der Waals surface area (Å²) in [5, 5.41) is 10.1. The standard InChI is InChI=1S/C11H12BrIO/c12-8-4-5-10(13)9(6-8)11(14)7-2-1-3-7/h4-7,11,14H,1-3H2. The van der Waals surface area contributed by atoms with Crippen molar-refractivity contribution in [2.45, 2.75) is 25.4 Å². The van der Waals surface area contributed by atoms with E-state index in [0.717, 1.165) is 13.6 Å². The Labute approximate surface area is 106 Å². The molecular formula is C11H12BrIO. The Kier molecular flexibility index (Phi) is 3.50. The number of benzene rings is 1. The Hall–Kier alpha value is 0.390. The first kappa shape index (κ1) is 10.9. The van der Waals surface area contributed by atoms with E-state index in [0.29, 0.717) is 5.92 Å². The Bertz CT molecular complexity index is 336. The predicted molar refractivity (Wildman–Crippen MR) is 69.2 cm³/mol. The number of hydrogen-bond donors (Lipinski definition) is 1. The molecule has 76 valence electrons. The molecule has 1 atom stereocenters. The molecule has 0 heterocycles. The molecule has 3 heteroatoms. The van der Waals surface area contributed by atoms with Crippen molar-refractivity contribution in [2.75, 3.05) is 0 Å². The van der Waals surface area contributed by atoms with Gasteiger partial charge in [0.1, 0.15) is 0 Å². The van der Waals surface area contributed by atoms with E-state index in [1.807, 2.05) is 18.2 Å². The molecule has 0 aliphatic heterocycles. The lowest BCUT2D eigenvalue weighted by molar-refractivity contribution is 0.0614. The van der Waals surface area contributed by atoms with Gasteiger partial charge in [0.05, 0.1) is 6.10 Å². The van der Waals surface area contributed by atoms with Crippen LogP contribution in [-0.4, -0.2) is 5.11 Å². The molecule has 1 aromatic carbocycles. The summed E-state index contributed by atoms with van der Waals surface area (Å²) in [6.07, 6.45) is 3.34. The van der Waals surface area contributed by atoms with Crippen molar-refractivity contribution >= 4 is 38.5 Å².